The van der Waals surface area contributed by atoms with Crippen LogP contribution in [0.1, 0.15) is 44.7 Å². The van der Waals surface area contributed by atoms with Crippen molar-refractivity contribution in [3.05, 3.63) is 58.2 Å². The van der Waals surface area contributed by atoms with Crippen LogP contribution in [0.25, 0.3) is 11.0 Å². The molecular formula is C24H26N2O5. The van der Waals surface area contributed by atoms with Crippen LogP contribution >= 0.6 is 0 Å². The van der Waals surface area contributed by atoms with E-state index in [1.54, 1.807) is 24.5 Å². The highest BCUT2D eigenvalue weighted by atomic mass is 16.5. The van der Waals surface area contributed by atoms with Crippen molar-refractivity contribution < 1.29 is 18.7 Å². The van der Waals surface area contributed by atoms with Crippen LogP contribution in [0, 0.1) is 0 Å². The first-order chi connectivity index (χ1) is 14.9. The Kier molecular flexibility index (Phi) is 5.67. The lowest BCUT2D eigenvalue weighted by Crippen LogP contribution is -2.32. The van der Waals surface area contributed by atoms with Gasteiger partial charge >= 0.3 is 5.63 Å². The molecule has 0 unspecified atom stereocenters. The number of rotatable bonds is 6. The Balaban J connectivity index is 1.72. The highest BCUT2D eigenvalue weighted by molar-refractivity contribution is 5.94. The summed E-state index contributed by atoms with van der Waals surface area (Å²) in [4.78, 5) is 28.6. The molecule has 0 atom stereocenters. The number of nitrogens with one attached hydrogen (secondary N) is 1. The first-order valence-corrected chi connectivity index (χ1v) is 10.5. The van der Waals surface area contributed by atoms with Gasteiger partial charge in [0.05, 0.1) is 17.3 Å². The van der Waals surface area contributed by atoms with Crippen molar-refractivity contribution in [2.45, 2.75) is 52.1 Å². The van der Waals surface area contributed by atoms with Crippen LogP contribution in [0.2, 0.25) is 0 Å². The highest BCUT2D eigenvalue weighted by Crippen LogP contribution is 2.43. The van der Waals surface area contributed by atoms with Crippen molar-refractivity contribution in [3.8, 4) is 11.5 Å². The summed E-state index contributed by atoms with van der Waals surface area (Å²) in [5.74, 6) is 0.790. The molecule has 3 heterocycles. The lowest BCUT2D eigenvalue weighted by Gasteiger charge is -2.33. The smallest absolute Gasteiger partial charge is 0.336 e. The van der Waals surface area contributed by atoms with E-state index >= 15 is 0 Å². The van der Waals surface area contributed by atoms with Gasteiger partial charge in [0.25, 0.3) is 5.91 Å². The Morgan fingerprint density at radius 3 is 2.90 bits per heavy atom. The fourth-order valence-corrected chi connectivity index (χ4v) is 3.87. The summed E-state index contributed by atoms with van der Waals surface area (Å²) in [5, 5.41) is 3.49. The van der Waals surface area contributed by atoms with Crippen LogP contribution < -0.4 is 20.4 Å². The van der Waals surface area contributed by atoms with E-state index in [4.69, 9.17) is 13.9 Å². The summed E-state index contributed by atoms with van der Waals surface area (Å²) in [7, 11) is 0. The van der Waals surface area contributed by atoms with Gasteiger partial charge in [0, 0.05) is 23.9 Å². The van der Waals surface area contributed by atoms with Gasteiger partial charge in [0.1, 0.15) is 22.7 Å². The van der Waals surface area contributed by atoms with Crippen molar-refractivity contribution >= 4 is 22.6 Å². The van der Waals surface area contributed by atoms with Crippen LogP contribution in [0.3, 0.4) is 0 Å². The van der Waals surface area contributed by atoms with Crippen molar-refractivity contribution in [2.75, 3.05) is 11.9 Å². The maximum Gasteiger partial charge on any atom is 0.336 e. The normalized spacial score (nSPS) is 14.5. The average Bonchev–Trinajstić information content (AvgIpc) is 2.71. The van der Waals surface area contributed by atoms with Crippen LogP contribution in [-0.4, -0.2) is 23.1 Å². The summed E-state index contributed by atoms with van der Waals surface area (Å²) in [6, 6.07) is 6.82. The van der Waals surface area contributed by atoms with Crippen LogP contribution in [0.15, 0.2) is 45.9 Å². The van der Waals surface area contributed by atoms with Crippen LogP contribution in [0.5, 0.6) is 11.5 Å². The van der Waals surface area contributed by atoms with Crippen molar-refractivity contribution in [1.82, 2.24) is 4.98 Å². The van der Waals surface area contributed by atoms with Crippen molar-refractivity contribution in [1.29, 1.82) is 0 Å². The van der Waals surface area contributed by atoms with Gasteiger partial charge in [-0.15, -0.1) is 0 Å². The first-order valence-electron chi connectivity index (χ1n) is 10.5. The minimum Gasteiger partial charge on any atom is -0.487 e. The second-order valence-electron chi connectivity index (χ2n) is 8.34. The lowest BCUT2D eigenvalue weighted by atomic mass is 9.91. The van der Waals surface area contributed by atoms with Crippen LogP contribution in [-0.2, 0) is 17.6 Å². The second-order valence-corrected chi connectivity index (χ2v) is 8.34. The number of aryl methyl sites for hydroxylation is 2. The molecule has 7 heteroatoms. The number of amides is 1. The molecule has 31 heavy (non-hydrogen) atoms. The molecule has 1 aliphatic heterocycles. The maximum atomic E-state index is 12.4. The molecular weight excluding hydrogens is 396 g/mol. The molecule has 0 saturated heterocycles. The van der Waals surface area contributed by atoms with Crippen molar-refractivity contribution in [3.63, 3.8) is 0 Å². The molecule has 0 bridgehead atoms. The molecule has 7 nitrogen and oxygen atoms in total. The summed E-state index contributed by atoms with van der Waals surface area (Å²) >= 11 is 0. The number of ether oxygens (including phenoxy) is 2. The largest absolute Gasteiger partial charge is 0.487 e. The number of carbonyl (C=O) groups is 1. The number of nitrogens with zero attached hydrogens (tertiary/aromatic N) is 1. The third kappa shape index (κ3) is 4.55. The monoisotopic (exact) mass is 422 g/mol. The zero-order chi connectivity index (χ0) is 22.0. The van der Waals surface area contributed by atoms with E-state index < -0.39 is 5.63 Å². The summed E-state index contributed by atoms with van der Waals surface area (Å²) < 4.78 is 17.7. The van der Waals surface area contributed by atoms with Gasteiger partial charge in [-0.2, -0.15) is 0 Å². The van der Waals surface area contributed by atoms with Gasteiger partial charge in [-0.3, -0.25) is 9.78 Å². The number of pyridine rings is 1. The molecule has 1 aromatic carbocycles. The fraction of sp³-hybridized carbons (Fsp3) is 0.375. The second kappa shape index (κ2) is 8.41. The Labute approximate surface area is 180 Å². The van der Waals surface area contributed by atoms with Crippen LogP contribution in [0.4, 0.5) is 5.69 Å². The van der Waals surface area contributed by atoms with Gasteiger partial charge in [-0.05, 0) is 50.8 Å². The Morgan fingerprint density at radius 1 is 1.32 bits per heavy atom. The number of anilines is 1. The summed E-state index contributed by atoms with van der Waals surface area (Å²) in [6.07, 6.45) is 6.31. The van der Waals surface area contributed by atoms with Crippen molar-refractivity contribution in [2.24, 2.45) is 0 Å². The van der Waals surface area contributed by atoms with Gasteiger partial charge in [0.2, 0.25) is 0 Å². The van der Waals surface area contributed by atoms with E-state index in [-0.39, 0.29) is 18.1 Å². The van der Waals surface area contributed by atoms with Gasteiger partial charge in [-0.25, -0.2) is 4.79 Å². The summed E-state index contributed by atoms with van der Waals surface area (Å²) in [6.45, 7) is 5.89. The Morgan fingerprint density at radius 2 is 2.16 bits per heavy atom. The molecule has 1 N–H and O–H groups in total. The number of hydrogen-bond acceptors (Lipinski definition) is 6. The zero-order valence-electron chi connectivity index (χ0n) is 18.0. The molecule has 2 aromatic heterocycles. The minimum atomic E-state index is -0.394. The first kappa shape index (κ1) is 20.9. The molecule has 0 saturated carbocycles. The highest BCUT2D eigenvalue weighted by Gasteiger charge is 2.30. The quantitative estimate of drug-likeness (QED) is 0.597. The molecule has 162 valence electrons. The number of aromatic nitrogens is 1. The number of benzene rings is 1. The zero-order valence-corrected chi connectivity index (χ0v) is 18.0. The lowest BCUT2D eigenvalue weighted by molar-refractivity contribution is -0.118. The minimum absolute atomic E-state index is 0.198. The predicted molar refractivity (Wildman–Crippen MR) is 118 cm³/mol. The van der Waals surface area contributed by atoms with E-state index in [1.165, 1.54) is 6.07 Å². The molecule has 0 radical (unpaired) electrons. The SMILES string of the molecule is CCCc1cc(=O)oc2c3c(cc(OCC(=O)Nc4cccnc4)c12)OC(C)(C)CC3. The molecule has 0 spiro atoms. The average molecular weight is 422 g/mol. The van der Waals surface area contributed by atoms with Gasteiger partial charge in [-0.1, -0.05) is 13.3 Å². The van der Waals surface area contributed by atoms with E-state index in [0.29, 0.717) is 29.2 Å². The van der Waals surface area contributed by atoms with Gasteiger partial charge in [0.15, 0.2) is 6.61 Å². The van der Waals surface area contributed by atoms with E-state index in [9.17, 15) is 9.59 Å². The Bertz CT molecular complexity index is 1170. The third-order valence-corrected chi connectivity index (χ3v) is 5.31. The van der Waals surface area contributed by atoms with E-state index in [0.717, 1.165) is 35.8 Å². The molecule has 0 aliphatic carbocycles. The topological polar surface area (TPSA) is 90.7 Å². The molecule has 3 aromatic rings. The predicted octanol–water partition coefficient (Wildman–Crippen LogP) is 4.26. The van der Waals surface area contributed by atoms with Gasteiger partial charge < -0.3 is 19.2 Å². The Hall–Kier alpha value is -3.35. The number of carbonyl (C=O) groups excluding carboxylic acids is 1. The summed E-state index contributed by atoms with van der Waals surface area (Å²) in [5.41, 5.74) is 2.08. The van der Waals surface area contributed by atoms with E-state index in [2.05, 4.69) is 10.3 Å². The standard InChI is InChI=1S/C24H26N2O5/c1-4-6-15-11-21(28)30-23-17-8-9-24(2,3)31-18(17)12-19(22(15)23)29-14-20(27)26-16-7-5-10-25-13-16/h5,7,10-13H,4,6,8-9,14H2,1-3H3,(H,26,27). The molecule has 4 rings (SSSR count). The fourth-order valence-electron chi connectivity index (χ4n) is 3.87. The molecule has 1 aliphatic rings. The molecule has 1 amide bonds. The molecule has 0 fully saturated rings. The maximum absolute atomic E-state index is 12.4. The van der Waals surface area contributed by atoms with E-state index in [1.807, 2.05) is 26.8 Å². The number of hydrogen-bond donors (Lipinski definition) is 1. The number of fused-ring (bicyclic) bond motifs is 3. The third-order valence-electron chi connectivity index (χ3n) is 5.31.